The summed E-state index contributed by atoms with van der Waals surface area (Å²) in [5.74, 6) is -1.15. The van der Waals surface area contributed by atoms with Crippen LogP contribution in [0.4, 0.5) is 0 Å². The molecule has 0 amide bonds. The van der Waals surface area contributed by atoms with Gasteiger partial charge in [0.2, 0.25) is 6.29 Å². The first kappa shape index (κ1) is 15.5. The Labute approximate surface area is 120 Å². The van der Waals surface area contributed by atoms with Crippen LogP contribution in [-0.4, -0.2) is 57.1 Å². The van der Waals surface area contributed by atoms with Crippen LogP contribution < -0.4 is 4.74 Å². The van der Waals surface area contributed by atoms with Gasteiger partial charge in [-0.1, -0.05) is 24.8 Å². The summed E-state index contributed by atoms with van der Waals surface area (Å²) in [7, 11) is 0. The summed E-state index contributed by atoms with van der Waals surface area (Å²) in [5.41, 5.74) is 0.758. The molecule has 1 aromatic rings. The Balaban J connectivity index is 2.17. The molecule has 2 rings (SSSR count). The molecule has 0 aromatic heterocycles. The van der Waals surface area contributed by atoms with Crippen LogP contribution in [0, 0.1) is 0 Å². The van der Waals surface area contributed by atoms with Gasteiger partial charge in [-0.15, -0.1) is 0 Å². The highest BCUT2D eigenvalue weighted by molar-refractivity contribution is 5.73. The molecule has 1 heterocycles. The second kappa shape index (κ2) is 6.23. The van der Waals surface area contributed by atoms with E-state index in [9.17, 15) is 20.1 Å². The average molecular weight is 296 g/mol. The van der Waals surface area contributed by atoms with Crippen LogP contribution in [0.2, 0.25) is 0 Å². The van der Waals surface area contributed by atoms with E-state index in [2.05, 4.69) is 6.58 Å². The Morgan fingerprint density at radius 3 is 2.57 bits per heavy atom. The molecule has 114 valence electrons. The number of ether oxygens (including phenoxy) is 2. The molecule has 4 N–H and O–H groups in total. The number of aliphatic carboxylic acids is 1. The van der Waals surface area contributed by atoms with Gasteiger partial charge in [0.1, 0.15) is 24.1 Å². The SMILES string of the molecule is C=Cc1cccc(OC2OC(C(=O)O)C(O)C(O)C2O)c1. The summed E-state index contributed by atoms with van der Waals surface area (Å²) in [6.07, 6.45) is -6.52. The van der Waals surface area contributed by atoms with Crippen LogP contribution >= 0.6 is 0 Å². The Kier molecular flexibility index (Phi) is 4.59. The fourth-order valence-electron chi connectivity index (χ4n) is 2.00. The van der Waals surface area contributed by atoms with Crippen molar-refractivity contribution < 1.29 is 34.7 Å². The maximum atomic E-state index is 11.0. The molecule has 1 aromatic carbocycles. The number of hydrogen-bond acceptors (Lipinski definition) is 6. The first-order valence-electron chi connectivity index (χ1n) is 6.25. The van der Waals surface area contributed by atoms with Crippen molar-refractivity contribution in [1.82, 2.24) is 0 Å². The van der Waals surface area contributed by atoms with Crippen molar-refractivity contribution in [3.05, 3.63) is 36.4 Å². The average Bonchev–Trinajstić information content (AvgIpc) is 2.47. The second-order valence-corrected chi connectivity index (χ2v) is 4.63. The molecular weight excluding hydrogens is 280 g/mol. The van der Waals surface area contributed by atoms with E-state index in [4.69, 9.17) is 14.6 Å². The van der Waals surface area contributed by atoms with Gasteiger partial charge in [0.05, 0.1) is 0 Å². The molecule has 5 unspecified atom stereocenters. The minimum atomic E-state index is -1.74. The standard InChI is InChI=1S/C14H16O7/c1-2-7-4-3-5-8(6-7)20-14-11(17)9(15)10(16)12(21-14)13(18)19/h2-6,9-12,14-17H,1H2,(H,18,19). The first-order chi connectivity index (χ1) is 9.93. The van der Waals surface area contributed by atoms with Crippen molar-refractivity contribution in [2.45, 2.75) is 30.7 Å². The van der Waals surface area contributed by atoms with Gasteiger partial charge < -0.3 is 29.9 Å². The third kappa shape index (κ3) is 3.22. The number of carboxylic acids is 1. The van der Waals surface area contributed by atoms with Gasteiger partial charge in [0.15, 0.2) is 6.10 Å². The highest BCUT2D eigenvalue weighted by Crippen LogP contribution is 2.25. The quantitative estimate of drug-likeness (QED) is 0.597. The van der Waals surface area contributed by atoms with E-state index < -0.39 is 36.7 Å². The van der Waals surface area contributed by atoms with E-state index >= 15 is 0 Å². The molecule has 0 radical (unpaired) electrons. The predicted molar refractivity (Wildman–Crippen MR) is 71.5 cm³/mol. The third-order valence-electron chi connectivity index (χ3n) is 3.16. The second-order valence-electron chi connectivity index (χ2n) is 4.63. The molecule has 0 bridgehead atoms. The number of hydrogen-bond donors (Lipinski definition) is 4. The van der Waals surface area contributed by atoms with E-state index in [0.717, 1.165) is 5.56 Å². The minimum Gasteiger partial charge on any atom is -0.479 e. The normalized spacial score (nSPS) is 32.4. The lowest BCUT2D eigenvalue weighted by atomic mass is 9.99. The van der Waals surface area contributed by atoms with Crippen LogP contribution in [0.3, 0.4) is 0 Å². The lowest BCUT2D eigenvalue weighted by molar-refractivity contribution is -0.271. The van der Waals surface area contributed by atoms with E-state index in [0.29, 0.717) is 5.75 Å². The monoisotopic (exact) mass is 296 g/mol. The van der Waals surface area contributed by atoms with E-state index in [1.54, 1.807) is 30.3 Å². The summed E-state index contributed by atoms with van der Waals surface area (Å²) >= 11 is 0. The van der Waals surface area contributed by atoms with Gasteiger partial charge in [0, 0.05) is 0 Å². The van der Waals surface area contributed by atoms with Gasteiger partial charge in [-0.3, -0.25) is 0 Å². The maximum Gasteiger partial charge on any atom is 0.335 e. The molecule has 0 aliphatic carbocycles. The van der Waals surface area contributed by atoms with Crippen molar-refractivity contribution >= 4 is 12.0 Å². The van der Waals surface area contributed by atoms with Crippen molar-refractivity contribution in [1.29, 1.82) is 0 Å². The number of benzene rings is 1. The van der Waals surface area contributed by atoms with Crippen molar-refractivity contribution in [3.63, 3.8) is 0 Å². The highest BCUT2D eigenvalue weighted by Gasteiger charge is 2.48. The smallest absolute Gasteiger partial charge is 0.335 e. The van der Waals surface area contributed by atoms with Crippen molar-refractivity contribution in [3.8, 4) is 5.75 Å². The number of carboxylic acid groups (broad SMARTS) is 1. The number of rotatable bonds is 4. The van der Waals surface area contributed by atoms with Gasteiger partial charge in [-0.25, -0.2) is 4.79 Å². The fourth-order valence-corrected chi connectivity index (χ4v) is 2.00. The van der Waals surface area contributed by atoms with Crippen LogP contribution in [0.1, 0.15) is 5.56 Å². The Morgan fingerprint density at radius 1 is 1.24 bits per heavy atom. The lowest BCUT2D eigenvalue weighted by Gasteiger charge is -2.38. The van der Waals surface area contributed by atoms with Crippen molar-refractivity contribution in [2.24, 2.45) is 0 Å². The molecule has 1 fully saturated rings. The van der Waals surface area contributed by atoms with Crippen molar-refractivity contribution in [2.75, 3.05) is 0 Å². The van der Waals surface area contributed by atoms with Crippen LogP contribution in [0.15, 0.2) is 30.8 Å². The lowest BCUT2D eigenvalue weighted by Crippen LogP contribution is -2.61. The number of aliphatic hydroxyl groups is 3. The minimum absolute atomic E-state index is 0.309. The molecule has 0 saturated carbocycles. The number of aliphatic hydroxyl groups excluding tert-OH is 3. The van der Waals surface area contributed by atoms with E-state index in [1.807, 2.05) is 0 Å². The van der Waals surface area contributed by atoms with E-state index in [1.165, 1.54) is 0 Å². The summed E-state index contributed by atoms with van der Waals surface area (Å²) in [4.78, 5) is 11.0. The zero-order chi connectivity index (χ0) is 15.6. The number of carbonyl (C=O) groups is 1. The topological polar surface area (TPSA) is 116 Å². The molecule has 1 aliphatic rings. The summed E-state index contributed by atoms with van der Waals surface area (Å²) in [6, 6.07) is 6.64. The molecule has 7 heteroatoms. The van der Waals surface area contributed by atoms with Gasteiger partial charge in [-0.2, -0.15) is 0 Å². The molecule has 0 spiro atoms. The third-order valence-corrected chi connectivity index (χ3v) is 3.16. The fraction of sp³-hybridized carbons (Fsp3) is 0.357. The largest absolute Gasteiger partial charge is 0.479 e. The molecule has 21 heavy (non-hydrogen) atoms. The van der Waals surface area contributed by atoms with Gasteiger partial charge in [0.25, 0.3) is 0 Å². The summed E-state index contributed by atoms with van der Waals surface area (Å²) < 4.78 is 10.4. The zero-order valence-electron chi connectivity index (χ0n) is 11.0. The van der Waals surface area contributed by atoms with E-state index in [-0.39, 0.29) is 0 Å². The van der Waals surface area contributed by atoms with Gasteiger partial charge >= 0.3 is 5.97 Å². The predicted octanol–water partition coefficient (Wildman–Crippen LogP) is -0.399. The molecule has 1 saturated heterocycles. The first-order valence-corrected chi connectivity index (χ1v) is 6.25. The molecule has 5 atom stereocenters. The zero-order valence-corrected chi connectivity index (χ0v) is 11.0. The van der Waals surface area contributed by atoms with Gasteiger partial charge in [-0.05, 0) is 17.7 Å². The molecule has 1 aliphatic heterocycles. The van der Waals surface area contributed by atoms with Crippen LogP contribution in [0.25, 0.3) is 6.08 Å². The van der Waals surface area contributed by atoms with Crippen LogP contribution in [0.5, 0.6) is 5.75 Å². The van der Waals surface area contributed by atoms with Crippen LogP contribution in [-0.2, 0) is 9.53 Å². The maximum absolute atomic E-state index is 11.0. The Bertz CT molecular complexity index is 530. The summed E-state index contributed by atoms with van der Waals surface area (Å²) in [6.45, 7) is 3.60. The Hall–Kier alpha value is -1.93. The molecule has 7 nitrogen and oxygen atoms in total. The highest BCUT2D eigenvalue weighted by atomic mass is 16.7. The molecular formula is C14H16O7. The summed E-state index contributed by atoms with van der Waals surface area (Å²) in [5, 5.41) is 38.0. The Morgan fingerprint density at radius 2 is 1.95 bits per heavy atom.